The molecule has 0 spiro atoms. The van der Waals surface area contributed by atoms with E-state index in [0.717, 1.165) is 35.9 Å². The fourth-order valence-electron chi connectivity index (χ4n) is 3.32. The highest BCUT2D eigenvalue weighted by atomic mass is 19.1. The number of carbonyl (C=O) groups excluding carboxylic acids is 1. The van der Waals surface area contributed by atoms with Gasteiger partial charge in [0, 0.05) is 24.5 Å². The number of rotatable bonds is 6. The summed E-state index contributed by atoms with van der Waals surface area (Å²) < 4.78 is 15.4. The van der Waals surface area contributed by atoms with Crippen LogP contribution in [0.1, 0.15) is 39.9 Å². The second-order valence-corrected chi connectivity index (χ2v) is 7.73. The lowest BCUT2D eigenvalue weighted by Gasteiger charge is -2.38. The first-order chi connectivity index (χ1) is 13.3. The van der Waals surface area contributed by atoms with Crippen LogP contribution >= 0.6 is 0 Å². The van der Waals surface area contributed by atoms with Crippen molar-refractivity contribution in [1.29, 1.82) is 0 Å². The number of hydrogen-bond donors (Lipinski definition) is 2. The summed E-state index contributed by atoms with van der Waals surface area (Å²) in [7, 11) is 0. The van der Waals surface area contributed by atoms with Crippen molar-refractivity contribution in [3.63, 3.8) is 0 Å². The Balaban J connectivity index is 2.11. The van der Waals surface area contributed by atoms with Gasteiger partial charge < -0.3 is 16.0 Å². The Morgan fingerprint density at radius 1 is 1.29 bits per heavy atom. The van der Waals surface area contributed by atoms with Gasteiger partial charge in [0.1, 0.15) is 28.7 Å². The summed E-state index contributed by atoms with van der Waals surface area (Å²) >= 11 is 0. The third-order valence-electron chi connectivity index (χ3n) is 5.30. The number of imidazole rings is 1. The number of nitrogens with zero attached hydrogens (tertiary/aromatic N) is 3. The van der Waals surface area contributed by atoms with Gasteiger partial charge in [-0.2, -0.15) is 0 Å². The van der Waals surface area contributed by atoms with Crippen molar-refractivity contribution in [1.82, 2.24) is 14.5 Å². The predicted octanol–water partition coefficient (Wildman–Crippen LogP) is 3.61. The molecule has 28 heavy (non-hydrogen) atoms. The molecule has 2 aromatic rings. The summed E-state index contributed by atoms with van der Waals surface area (Å²) in [6.07, 6.45) is 4.62. The van der Waals surface area contributed by atoms with E-state index in [9.17, 15) is 9.18 Å². The molecule has 0 bridgehead atoms. The number of carbonyl (C=O) groups is 1. The maximum Gasteiger partial charge on any atom is 0.241 e. The summed E-state index contributed by atoms with van der Waals surface area (Å²) in [5.74, 6) is 1.59. The molecule has 150 valence electrons. The number of anilines is 1. The number of nitrogens with one attached hydrogen (secondary N) is 1. The molecular formula is C21H28FN5O. The molecule has 0 saturated heterocycles. The minimum Gasteiger partial charge on any atom is -0.369 e. The molecule has 6 nitrogen and oxygen atoms in total. The molecule has 1 aromatic heterocycles. The lowest BCUT2D eigenvalue weighted by Crippen LogP contribution is -2.47. The number of hydrogen-bond acceptors (Lipinski definition) is 4. The SMILES string of the molecule is CCC(C)CNc1c(-c2ccc(F)cc2)nc2n1C=CN(C(=O)CN)C2(C)C. The van der Waals surface area contributed by atoms with Crippen LogP contribution in [0.2, 0.25) is 0 Å². The number of amides is 1. The van der Waals surface area contributed by atoms with E-state index < -0.39 is 5.54 Å². The Labute approximate surface area is 165 Å². The number of halogens is 1. The van der Waals surface area contributed by atoms with Crippen molar-refractivity contribution in [2.75, 3.05) is 18.4 Å². The third kappa shape index (κ3) is 3.54. The molecule has 3 rings (SSSR count). The molecule has 2 heterocycles. The normalized spacial score (nSPS) is 16.0. The van der Waals surface area contributed by atoms with E-state index >= 15 is 0 Å². The van der Waals surface area contributed by atoms with Gasteiger partial charge in [-0.15, -0.1) is 0 Å². The Kier molecular flexibility index (Phi) is 5.56. The van der Waals surface area contributed by atoms with E-state index in [1.54, 1.807) is 23.2 Å². The predicted molar refractivity (Wildman–Crippen MR) is 110 cm³/mol. The van der Waals surface area contributed by atoms with E-state index in [-0.39, 0.29) is 18.3 Å². The highest BCUT2D eigenvalue weighted by Gasteiger charge is 2.39. The van der Waals surface area contributed by atoms with E-state index in [1.165, 1.54) is 12.1 Å². The van der Waals surface area contributed by atoms with E-state index in [1.807, 2.05) is 24.6 Å². The minimum atomic E-state index is -0.670. The van der Waals surface area contributed by atoms with Crippen LogP contribution in [0, 0.1) is 11.7 Å². The van der Waals surface area contributed by atoms with Gasteiger partial charge in [0.05, 0.1) is 6.54 Å². The van der Waals surface area contributed by atoms with Gasteiger partial charge in [-0.25, -0.2) is 9.37 Å². The Hall–Kier alpha value is -2.67. The van der Waals surface area contributed by atoms with Gasteiger partial charge in [-0.05, 0) is 44.0 Å². The van der Waals surface area contributed by atoms with Crippen LogP contribution in [0.5, 0.6) is 0 Å². The Morgan fingerprint density at radius 2 is 1.96 bits per heavy atom. The maximum absolute atomic E-state index is 13.4. The highest BCUT2D eigenvalue weighted by molar-refractivity contribution is 5.82. The Bertz CT molecular complexity index is 885. The van der Waals surface area contributed by atoms with E-state index in [2.05, 4.69) is 19.2 Å². The average molecular weight is 385 g/mol. The van der Waals surface area contributed by atoms with Crippen LogP contribution in [0.3, 0.4) is 0 Å². The van der Waals surface area contributed by atoms with Crippen LogP contribution in [0.25, 0.3) is 17.5 Å². The lowest BCUT2D eigenvalue weighted by molar-refractivity contribution is -0.132. The summed E-state index contributed by atoms with van der Waals surface area (Å²) in [5.41, 5.74) is 6.46. The lowest BCUT2D eigenvalue weighted by atomic mass is 10.0. The van der Waals surface area contributed by atoms with E-state index in [0.29, 0.717) is 5.92 Å². The van der Waals surface area contributed by atoms with Gasteiger partial charge in [0.25, 0.3) is 0 Å². The van der Waals surface area contributed by atoms with Gasteiger partial charge in [-0.1, -0.05) is 20.3 Å². The van der Waals surface area contributed by atoms with Gasteiger partial charge >= 0.3 is 0 Å². The topological polar surface area (TPSA) is 76.2 Å². The molecule has 0 fully saturated rings. The largest absolute Gasteiger partial charge is 0.369 e. The summed E-state index contributed by atoms with van der Waals surface area (Å²) in [6, 6.07) is 6.30. The molecular weight excluding hydrogens is 357 g/mol. The van der Waals surface area contributed by atoms with Crippen LogP contribution in [-0.2, 0) is 10.3 Å². The van der Waals surface area contributed by atoms with Gasteiger partial charge in [0.15, 0.2) is 0 Å². The maximum atomic E-state index is 13.4. The fraction of sp³-hybridized carbons (Fsp3) is 0.429. The van der Waals surface area contributed by atoms with Gasteiger partial charge in [-0.3, -0.25) is 9.36 Å². The first-order valence-corrected chi connectivity index (χ1v) is 9.62. The first-order valence-electron chi connectivity index (χ1n) is 9.62. The monoisotopic (exact) mass is 385 g/mol. The van der Waals surface area contributed by atoms with Crippen LogP contribution < -0.4 is 11.1 Å². The zero-order valence-corrected chi connectivity index (χ0v) is 16.9. The highest BCUT2D eigenvalue weighted by Crippen LogP contribution is 2.38. The molecule has 1 aromatic carbocycles. The van der Waals surface area contributed by atoms with Crippen LogP contribution in [0.15, 0.2) is 30.5 Å². The molecule has 0 radical (unpaired) electrons. The molecule has 1 aliphatic heterocycles. The third-order valence-corrected chi connectivity index (χ3v) is 5.30. The van der Waals surface area contributed by atoms with Crippen molar-refractivity contribution in [3.8, 4) is 11.3 Å². The number of benzene rings is 1. The summed E-state index contributed by atoms with van der Waals surface area (Å²) in [4.78, 5) is 18.8. The molecule has 1 aliphatic rings. The zero-order chi connectivity index (χ0) is 20.5. The first kappa shape index (κ1) is 20.1. The molecule has 0 saturated carbocycles. The second-order valence-electron chi connectivity index (χ2n) is 7.73. The number of fused-ring (bicyclic) bond motifs is 1. The molecule has 1 atom stereocenters. The quantitative estimate of drug-likeness (QED) is 0.796. The molecule has 1 unspecified atom stereocenters. The second kappa shape index (κ2) is 7.75. The molecule has 0 aliphatic carbocycles. The standard InChI is InChI=1S/C21H28FN5O/c1-5-14(2)13-24-19-18(15-6-8-16(22)9-7-15)25-20-21(3,4)27(17(28)12-23)11-10-26(19)20/h6-11,14,24H,5,12-13,23H2,1-4H3. The van der Waals surface area contributed by atoms with Crippen LogP contribution in [-0.4, -0.2) is 33.4 Å². The van der Waals surface area contributed by atoms with Crippen molar-refractivity contribution in [3.05, 3.63) is 42.1 Å². The van der Waals surface area contributed by atoms with Crippen molar-refractivity contribution >= 4 is 17.9 Å². The molecule has 1 amide bonds. The zero-order valence-electron chi connectivity index (χ0n) is 16.9. The molecule has 7 heteroatoms. The fourth-order valence-corrected chi connectivity index (χ4v) is 3.32. The Morgan fingerprint density at radius 3 is 2.57 bits per heavy atom. The summed E-state index contributed by atoms with van der Waals surface area (Å²) in [6.45, 7) is 8.93. The minimum absolute atomic E-state index is 0.0710. The number of aromatic nitrogens is 2. The average Bonchev–Trinajstić information content (AvgIpc) is 3.06. The van der Waals surface area contributed by atoms with Crippen molar-refractivity contribution in [2.24, 2.45) is 11.7 Å². The van der Waals surface area contributed by atoms with Crippen molar-refractivity contribution in [2.45, 2.75) is 39.7 Å². The van der Waals surface area contributed by atoms with Crippen molar-refractivity contribution < 1.29 is 9.18 Å². The summed E-state index contributed by atoms with van der Waals surface area (Å²) in [5, 5.41) is 3.51. The number of nitrogens with two attached hydrogens (primary N) is 1. The van der Waals surface area contributed by atoms with E-state index in [4.69, 9.17) is 10.7 Å². The smallest absolute Gasteiger partial charge is 0.241 e. The van der Waals surface area contributed by atoms with Gasteiger partial charge in [0.2, 0.25) is 5.91 Å². The molecule has 3 N–H and O–H groups in total. The van der Waals surface area contributed by atoms with Crippen LogP contribution in [0.4, 0.5) is 10.2 Å².